The molecule has 0 fully saturated rings. The smallest absolute Gasteiger partial charge is 0.212 e. The largest absolute Gasteiger partial charge is 0.618 e. The van der Waals surface area contributed by atoms with Gasteiger partial charge in [0.25, 0.3) is 0 Å². The van der Waals surface area contributed by atoms with Crippen LogP contribution in [-0.4, -0.2) is 0 Å². The van der Waals surface area contributed by atoms with Crippen LogP contribution in [0.4, 0.5) is 0 Å². The maximum atomic E-state index is 11.4. The Hall–Kier alpha value is -0.570. The van der Waals surface area contributed by atoms with Crippen LogP contribution in [0.25, 0.3) is 0 Å². The second-order valence-electron chi connectivity index (χ2n) is 3.78. The summed E-state index contributed by atoms with van der Waals surface area (Å²) in [6.07, 6.45) is 1.52. The molecule has 66 valence electrons. The molecule has 0 saturated carbocycles. The molecule has 0 bridgehead atoms. The number of halogens is 1. The molecule has 12 heavy (non-hydrogen) atoms. The van der Waals surface area contributed by atoms with Gasteiger partial charge in [-0.3, -0.25) is 0 Å². The lowest BCUT2D eigenvalue weighted by atomic mass is 9.92. The van der Waals surface area contributed by atoms with Gasteiger partial charge in [-0.1, -0.05) is 20.8 Å². The van der Waals surface area contributed by atoms with Crippen molar-refractivity contribution in [1.82, 2.24) is 0 Å². The first kappa shape index (κ1) is 9.52. The Morgan fingerprint density at radius 3 is 2.33 bits per heavy atom. The molecule has 0 aliphatic heterocycles. The van der Waals surface area contributed by atoms with E-state index in [4.69, 9.17) is 0 Å². The average Bonchev–Trinajstić information content (AvgIpc) is 1.82. The Labute approximate surface area is 80.9 Å². The van der Waals surface area contributed by atoms with Crippen molar-refractivity contribution in [3.05, 3.63) is 33.7 Å². The van der Waals surface area contributed by atoms with Gasteiger partial charge in [-0.25, -0.2) is 0 Å². The fourth-order valence-corrected chi connectivity index (χ4v) is 2.08. The second-order valence-corrected chi connectivity index (χ2v) is 4.63. The fraction of sp³-hybridized carbons (Fsp3) is 0.444. The van der Waals surface area contributed by atoms with Crippen LogP contribution in [0.15, 0.2) is 22.8 Å². The molecular weight excluding hydrogens is 218 g/mol. The number of pyridine rings is 1. The normalized spacial score (nSPS) is 11.7. The van der Waals surface area contributed by atoms with Crippen LogP contribution in [-0.2, 0) is 5.41 Å². The van der Waals surface area contributed by atoms with Gasteiger partial charge in [0.1, 0.15) is 0 Å². The van der Waals surface area contributed by atoms with Gasteiger partial charge in [-0.15, -0.1) is 0 Å². The number of aromatic nitrogens is 1. The Morgan fingerprint density at radius 1 is 1.42 bits per heavy atom. The number of hydrogen-bond donors (Lipinski definition) is 0. The lowest BCUT2D eigenvalue weighted by Gasteiger charge is -2.18. The summed E-state index contributed by atoms with van der Waals surface area (Å²) in [5, 5.41) is 11.4. The zero-order valence-electron chi connectivity index (χ0n) is 7.47. The highest BCUT2D eigenvalue weighted by molar-refractivity contribution is 9.10. The predicted octanol–water partition coefficient (Wildman–Crippen LogP) is 2.38. The Kier molecular flexibility index (Phi) is 2.42. The molecule has 0 aliphatic carbocycles. The van der Waals surface area contributed by atoms with E-state index in [2.05, 4.69) is 15.9 Å². The predicted molar refractivity (Wildman–Crippen MR) is 51.8 cm³/mol. The number of hydrogen-bond acceptors (Lipinski definition) is 1. The van der Waals surface area contributed by atoms with Crippen molar-refractivity contribution in [3.8, 4) is 0 Å². The lowest BCUT2D eigenvalue weighted by molar-refractivity contribution is -0.618. The van der Waals surface area contributed by atoms with Crippen molar-refractivity contribution in [1.29, 1.82) is 0 Å². The summed E-state index contributed by atoms with van der Waals surface area (Å²) in [4.78, 5) is 0. The van der Waals surface area contributed by atoms with E-state index in [9.17, 15) is 5.21 Å². The molecule has 0 aromatic carbocycles. The van der Waals surface area contributed by atoms with E-state index in [1.54, 1.807) is 6.07 Å². The zero-order chi connectivity index (χ0) is 9.35. The molecule has 0 N–H and O–H groups in total. The first-order valence-electron chi connectivity index (χ1n) is 3.81. The van der Waals surface area contributed by atoms with Crippen LogP contribution in [0.1, 0.15) is 26.5 Å². The first-order valence-corrected chi connectivity index (χ1v) is 4.60. The van der Waals surface area contributed by atoms with E-state index >= 15 is 0 Å². The molecule has 0 spiro atoms. The zero-order valence-corrected chi connectivity index (χ0v) is 9.05. The van der Waals surface area contributed by atoms with Crippen LogP contribution >= 0.6 is 15.9 Å². The number of rotatable bonds is 0. The summed E-state index contributed by atoms with van der Waals surface area (Å²) in [6, 6.07) is 3.61. The molecule has 0 unspecified atom stereocenters. The van der Waals surface area contributed by atoms with Crippen LogP contribution < -0.4 is 4.73 Å². The summed E-state index contributed by atoms with van der Waals surface area (Å²) >= 11 is 3.36. The van der Waals surface area contributed by atoms with Gasteiger partial charge in [-0.2, -0.15) is 4.73 Å². The Morgan fingerprint density at radius 2 is 2.00 bits per heavy atom. The monoisotopic (exact) mass is 229 g/mol. The third-order valence-electron chi connectivity index (χ3n) is 1.62. The maximum Gasteiger partial charge on any atom is 0.212 e. The first-order chi connectivity index (χ1) is 5.43. The Balaban J connectivity index is 3.31. The molecule has 1 rings (SSSR count). The molecule has 2 nitrogen and oxygen atoms in total. The van der Waals surface area contributed by atoms with Crippen molar-refractivity contribution in [2.45, 2.75) is 26.2 Å². The molecule has 3 heteroatoms. The van der Waals surface area contributed by atoms with Crippen LogP contribution in [0.5, 0.6) is 0 Å². The minimum Gasteiger partial charge on any atom is -0.618 e. The minimum absolute atomic E-state index is 0.123. The SMILES string of the molecule is CC(C)(C)c1c(Br)ccc[n+]1[O-]. The van der Waals surface area contributed by atoms with Gasteiger partial charge in [0, 0.05) is 11.5 Å². The summed E-state index contributed by atoms with van der Waals surface area (Å²) in [5.41, 5.74) is 0.645. The molecule has 0 radical (unpaired) electrons. The van der Waals surface area contributed by atoms with E-state index in [1.807, 2.05) is 26.8 Å². The van der Waals surface area contributed by atoms with Crippen molar-refractivity contribution in [2.24, 2.45) is 0 Å². The molecule has 0 aliphatic rings. The third-order valence-corrected chi connectivity index (χ3v) is 2.26. The van der Waals surface area contributed by atoms with Crippen molar-refractivity contribution in [2.75, 3.05) is 0 Å². The lowest BCUT2D eigenvalue weighted by Crippen LogP contribution is -2.38. The molecular formula is C9H12BrNO. The summed E-state index contributed by atoms with van der Waals surface area (Å²) in [6.45, 7) is 6.05. The van der Waals surface area contributed by atoms with Crippen molar-refractivity contribution >= 4 is 15.9 Å². The van der Waals surface area contributed by atoms with Gasteiger partial charge in [-0.05, 0) is 22.0 Å². The van der Waals surface area contributed by atoms with E-state index in [0.29, 0.717) is 0 Å². The Bertz CT molecular complexity index is 271. The fourth-order valence-electron chi connectivity index (χ4n) is 1.15. The van der Waals surface area contributed by atoms with E-state index in [0.717, 1.165) is 14.9 Å². The molecule has 0 saturated heterocycles. The summed E-state index contributed by atoms with van der Waals surface area (Å²) in [5.74, 6) is 0. The van der Waals surface area contributed by atoms with Crippen LogP contribution in [0, 0.1) is 5.21 Å². The van der Waals surface area contributed by atoms with Crippen LogP contribution in [0.2, 0.25) is 0 Å². The summed E-state index contributed by atoms with van der Waals surface area (Å²) < 4.78 is 1.77. The van der Waals surface area contributed by atoms with Gasteiger partial charge in [0.05, 0.1) is 4.47 Å². The van der Waals surface area contributed by atoms with Gasteiger partial charge in [0.2, 0.25) is 5.69 Å². The second kappa shape index (κ2) is 3.05. The topological polar surface area (TPSA) is 26.9 Å². The quantitative estimate of drug-likeness (QED) is 0.496. The molecule has 1 aromatic rings. The number of nitrogens with zero attached hydrogens (tertiary/aromatic N) is 1. The van der Waals surface area contributed by atoms with Crippen molar-refractivity contribution in [3.63, 3.8) is 0 Å². The van der Waals surface area contributed by atoms with Gasteiger partial charge >= 0.3 is 0 Å². The standard InChI is InChI=1S/C9H12BrNO/c1-9(2,3)8-7(10)5-4-6-11(8)12/h4-6H,1-3H3. The van der Waals surface area contributed by atoms with E-state index in [1.165, 1.54) is 6.20 Å². The molecule has 1 heterocycles. The van der Waals surface area contributed by atoms with Gasteiger partial charge in [0.15, 0.2) is 6.20 Å². The highest BCUT2D eigenvalue weighted by Gasteiger charge is 2.25. The minimum atomic E-state index is -0.123. The van der Waals surface area contributed by atoms with Crippen LogP contribution in [0.3, 0.4) is 0 Å². The van der Waals surface area contributed by atoms with E-state index in [-0.39, 0.29) is 5.41 Å². The summed E-state index contributed by atoms with van der Waals surface area (Å²) in [7, 11) is 0. The third kappa shape index (κ3) is 1.78. The molecule has 0 atom stereocenters. The highest BCUT2D eigenvalue weighted by atomic mass is 79.9. The maximum absolute atomic E-state index is 11.4. The van der Waals surface area contributed by atoms with Gasteiger partial charge < -0.3 is 5.21 Å². The highest BCUT2D eigenvalue weighted by Crippen LogP contribution is 2.25. The van der Waals surface area contributed by atoms with E-state index < -0.39 is 0 Å². The average molecular weight is 230 g/mol. The molecule has 0 amide bonds. The van der Waals surface area contributed by atoms with Crippen molar-refractivity contribution < 1.29 is 4.73 Å². The molecule has 1 aromatic heterocycles.